The van der Waals surface area contributed by atoms with Crippen molar-refractivity contribution in [3.63, 3.8) is 0 Å². The Balaban J connectivity index is 2.06. The molecule has 2 nitrogen and oxygen atoms in total. The summed E-state index contributed by atoms with van der Waals surface area (Å²) < 4.78 is 33.2. The summed E-state index contributed by atoms with van der Waals surface area (Å²) in [5.41, 5.74) is 4.79. The van der Waals surface area contributed by atoms with Gasteiger partial charge in [-0.3, -0.25) is 0 Å². The summed E-state index contributed by atoms with van der Waals surface area (Å²) in [4.78, 5) is 2.07. The molecule has 3 aromatic carbocycles. The highest BCUT2D eigenvalue weighted by atomic mass is 79.9. The summed E-state index contributed by atoms with van der Waals surface area (Å²) in [5.74, 6) is 0.791. The Morgan fingerprint density at radius 1 is 0.844 bits per heavy atom. The molecule has 0 unspecified atom stereocenters. The normalized spacial score (nSPS) is 12.2. The summed E-state index contributed by atoms with van der Waals surface area (Å²) in [6, 6.07) is 25.7. The van der Waals surface area contributed by atoms with E-state index in [0.717, 1.165) is 44.6 Å². The van der Waals surface area contributed by atoms with E-state index in [-0.39, 0.29) is 12.8 Å². The molecule has 0 amide bonds. The van der Waals surface area contributed by atoms with E-state index in [1.165, 1.54) is 0 Å². The summed E-state index contributed by atoms with van der Waals surface area (Å²) in [6.07, 6.45) is -2.25. The van der Waals surface area contributed by atoms with Gasteiger partial charge in [0.1, 0.15) is 12.4 Å². The van der Waals surface area contributed by atoms with E-state index in [4.69, 9.17) is 4.74 Å². The van der Waals surface area contributed by atoms with Crippen LogP contribution in [0.1, 0.15) is 29.5 Å². The van der Waals surface area contributed by atoms with Crippen molar-refractivity contribution >= 4 is 27.1 Å². The summed E-state index contributed by atoms with van der Waals surface area (Å²) in [6.45, 7) is 1.43. The molecule has 0 heterocycles. The number of likely N-dealkylation sites (N-methyl/N-ethyl adjacent to an activating group) is 1. The van der Waals surface area contributed by atoms with Crippen LogP contribution >= 0.6 is 15.9 Å². The van der Waals surface area contributed by atoms with Crippen molar-refractivity contribution < 1.29 is 13.5 Å². The highest BCUT2D eigenvalue weighted by Gasteiger charge is 2.16. The lowest BCUT2D eigenvalue weighted by Gasteiger charge is -2.18. The molecule has 0 atom stereocenters. The van der Waals surface area contributed by atoms with Gasteiger partial charge in [-0.2, -0.15) is 0 Å². The van der Waals surface area contributed by atoms with Crippen LogP contribution in [0.2, 0.25) is 0 Å². The van der Waals surface area contributed by atoms with Crippen LogP contribution in [0, 0.1) is 0 Å². The van der Waals surface area contributed by atoms with Crippen LogP contribution in [0.25, 0.3) is 11.1 Å². The van der Waals surface area contributed by atoms with Gasteiger partial charge in [-0.15, -0.1) is 0 Å². The van der Waals surface area contributed by atoms with Gasteiger partial charge in [0.15, 0.2) is 0 Å². The molecule has 32 heavy (non-hydrogen) atoms. The van der Waals surface area contributed by atoms with Gasteiger partial charge in [-0.25, -0.2) is 8.78 Å². The Bertz CT molecular complexity index is 1000. The lowest BCUT2D eigenvalue weighted by Crippen LogP contribution is -2.19. The molecular formula is C27H28BrF2NO. The third kappa shape index (κ3) is 7.01. The van der Waals surface area contributed by atoms with Gasteiger partial charge < -0.3 is 9.64 Å². The number of hydrogen-bond donors (Lipinski definition) is 0. The van der Waals surface area contributed by atoms with Crippen molar-refractivity contribution in [2.24, 2.45) is 0 Å². The number of halogens is 3. The third-order valence-electron chi connectivity index (χ3n) is 5.12. The Hall–Kier alpha value is -2.50. The molecule has 0 bridgehead atoms. The molecule has 5 heteroatoms. The van der Waals surface area contributed by atoms with Gasteiger partial charge in [-0.1, -0.05) is 70.5 Å². The summed E-state index contributed by atoms with van der Waals surface area (Å²) >= 11 is 3.49. The number of hydrogen-bond acceptors (Lipinski definition) is 2. The monoisotopic (exact) mass is 499 g/mol. The second kappa shape index (κ2) is 11.9. The molecule has 0 radical (unpaired) electrons. The predicted octanol–water partition coefficient (Wildman–Crippen LogP) is 7.39. The Morgan fingerprint density at radius 3 is 2.00 bits per heavy atom. The van der Waals surface area contributed by atoms with Gasteiger partial charge in [0, 0.05) is 17.4 Å². The zero-order valence-electron chi connectivity index (χ0n) is 18.4. The van der Waals surface area contributed by atoms with E-state index in [2.05, 4.69) is 20.8 Å². The lowest BCUT2D eigenvalue weighted by molar-refractivity contribution is 0.139. The number of nitrogens with zero attached hydrogens (tertiary/aromatic N) is 1. The summed E-state index contributed by atoms with van der Waals surface area (Å²) in [5, 5.41) is 0. The molecule has 0 aliphatic carbocycles. The maximum Gasteiger partial charge on any atom is 0.239 e. The topological polar surface area (TPSA) is 12.5 Å². The molecule has 0 aliphatic heterocycles. The minimum atomic E-state index is -2.35. The molecular weight excluding hydrogens is 472 g/mol. The molecule has 0 spiro atoms. The van der Waals surface area contributed by atoms with Crippen LogP contribution in [0.3, 0.4) is 0 Å². The van der Waals surface area contributed by atoms with Crippen molar-refractivity contribution in [3.8, 4) is 5.75 Å². The first-order chi connectivity index (χ1) is 15.4. The zero-order valence-corrected chi connectivity index (χ0v) is 20.0. The van der Waals surface area contributed by atoms with Gasteiger partial charge in [0.2, 0.25) is 6.43 Å². The largest absolute Gasteiger partial charge is 0.492 e. The van der Waals surface area contributed by atoms with E-state index in [1.54, 1.807) is 0 Å². The second-order valence-electron chi connectivity index (χ2n) is 7.83. The van der Waals surface area contributed by atoms with Crippen LogP contribution in [0.15, 0.2) is 83.3 Å². The number of rotatable bonds is 10. The van der Waals surface area contributed by atoms with E-state index in [1.807, 2.05) is 93.0 Å². The molecule has 3 aromatic rings. The number of ether oxygens (including phenoxy) is 1. The minimum Gasteiger partial charge on any atom is -0.492 e. The van der Waals surface area contributed by atoms with Gasteiger partial charge >= 0.3 is 0 Å². The maximum atomic E-state index is 13.2. The summed E-state index contributed by atoms with van der Waals surface area (Å²) in [7, 11) is 4.01. The number of alkyl halides is 2. The Labute approximate surface area is 197 Å². The molecule has 0 fully saturated rings. The SMILES string of the molecule is CN(C)CCOc1ccc(/C(=C(/CCC(F)F)c2ccccc2)c2ccc(Br)cc2)cc1. The van der Waals surface area contributed by atoms with E-state index in [9.17, 15) is 8.78 Å². The molecule has 0 saturated heterocycles. The minimum absolute atomic E-state index is 0.185. The Kier molecular flexibility index (Phi) is 9.00. The van der Waals surface area contributed by atoms with Gasteiger partial charge in [0.05, 0.1) is 0 Å². The van der Waals surface area contributed by atoms with Gasteiger partial charge in [-0.05, 0) is 72.6 Å². The van der Waals surface area contributed by atoms with E-state index in [0.29, 0.717) is 6.61 Å². The predicted molar refractivity (Wildman–Crippen MR) is 132 cm³/mol. The first kappa shape index (κ1) is 24.1. The van der Waals surface area contributed by atoms with Crippen molar-refractivity contribution in [3.05, 3.63) is 100 Å². The second-order valence-corrected chi connectivity index (χ2v) is 8.75. The van der Waals surface area contributed by atoms with Crippen LogP contribution in [-0.2, 0) is 0 Å². The fourth-order valence-electron chi connectivity index (χ4n) is 3.50. The quantitative estimate of drug-likeness (QED) is 0.269. The average molecular weight is 500 g/mol. The van der Waals surface area contributed by atoms with Crippen LogP contribution in [0.4, 0.5) is 8.78 Å². The first-order valence-electron chi connectivity index (χ1n) is 10.6. The smallest absolute Gasteiger partial charge is 0.239 e. The standard InChI is InChI=1S/C27H28BrF2NO/c1-31(2)18-19-32-24-14-10-22(11-15-24)27(21-8-12-23(28)13-9-21)25(16-17-26(29)30)20-6-4-3-5-7-20/h3-15,26H,16-19H2,1-2H3/b27-25-. The zero-order chi connectivity index (χ0) is 22.9. The van der Waals surface area contributed by atoms with Crippen LogP contribution in [-0.4, -0.2) is 38.6 Å². The van der Waals surface area contributed by atoms with Gasteiger partial charge in [0.25, 0.3) is 0 Å². The first-order valence-corrected chi connectivity index (χ1v) is 11.4. The molecule has 0 aliphatic rings. The molecule has 168 valence electrons. The molecule has 0 N–H and O–H groups in total. The lowest BCUT2D eigenvalue weighted by atomic mass is 9.87. The Morgan fingerprint density at radius 2 is 1.44 bits per heavy atom. The highest BCUT2D eigenvalue weighted by molar-refractivity contribution is 9.10. The van der Waals surface area contributed by atoms with Crippen molar-refractivity contribution in [1.82, 2.24) is 4.90 Å². The van der Waals surface area contributed by atoms with Crippen molar-refractivity contribution in [2.45, 2.75) is 19.3 Å². The van der Waals surface area contributed by atoms with E-state index < -0.39 is 6.43 Å². The third-order valence-corrected chi connectivity index (χ3v) is 5.65. The van der Waals surface area contributed by atoms with Crippen molar-refractivity contribution in [1.29, 1.82) is 0 Å². The maximum absolute atomic E-state index is 13.2. The van der Waals surface area contributed by atoms with E-state index >= 15 is 0 Å². The average Bonchev–Trinajstić information content (AvgIpc) is 2.78. The highest BCUT2D eigenvalue weighted by Crippen LogP contribution is 2.36. The van der Waals surface area contributed by atoms with Crippen molar-refractivity contribution in [2.75, 3.05) is 27.2 Å². The van der Waals surface area contributed by atoms with Crippen LogP contribution < -0.4 is 4.74 Å². The molecule has 0 saturated carbocycles. The fraction of sp³-hybridized carbons (Fsp3) is 0.259. The van der Waals surface area contributed by atoms with Crippen LogP contribution in [0.5, 0.6) is 5.75 Å². The molecule has 0 aromatic heterocycles. The fourth-order valence-corrected chi connectivity index (χ4v) is 3.77. The number of benzene rings is 3. The number of allylic oxidation sites excluding steroid dienone is 1. The molecule has 3 rings (SSSR count).